The Kier molecular flexibility index (Phi) is 7.80. The molecule has 1 saturated heterocycles. The molecular formula is C14H26N2O3S. The summed E-state index contributed by atoms with van der Waals surface area (Å²) in [6.07, 6.45) is 1.97. The van der Waals surface area contributed by atoms with E-state index in [-0.39, 0.29) is 18.4 Å². The van der Waals surface area contributed by atoms with Gasteiger partial charge in [-0.2, -0.15) is 11.8 Å². The maximum atomic E-state index is 12.1. The second-order valence-corrected chi connectivity index (χ2v) is 6.96. The molecule has 0 bridgehead atoms. The highest BCUT2D eigenvalue weighted by atomic mass is 32.2. The molecule has 0 saturated carbocycles. The Morgan fingerprint density at radius 2 is 2.05 bits per heavy atom. The van der Waals surface area contributed by atoms with Crippen molar-refractivity contribution < 1.29 is 14.7 Å². The van der Waals surface area contributed by atoms with Gasteiger partial charge in [0.1, 0.15) is 0 Å². The number of nitrogens with zero attached hydrogens (tertiary/aromatic N) is 1. The van der Waals surface area contributed by atoms with E-state index in [2.05, 4.69) is 19.2 Å². The van der Waals surface area contributed by atoms with Crippen molar-refractivity contribution in [2.75, 3.05) is 31.1 Å². The molecule has 5 nitrogen and oxygen atoms in total. The van der Waals surface area contributed by atoms with Crippen LogP contribution < -0.4 is 5.32 Å². The van der Waals surface area contributed by atoms with Gasteiger partial charge in [0.25, 0.3) is 0 Å². The number of carbonyl (C=O) groups excluding carboxylic acids is 1. The lowest BCUT2D eigenvalue weighted by Crippen LogP contribution is -2.43. The standard InChI is InChI=1S/C14H26N2O3S/c1-11(2)8-12(9-13(17)18)10-15-14(19)16-4-3-6-20-7-5-16/h11-12H,3-10H2,1-2H3,(H,15,19)(H,17,18). The number of hydrogen-bond acceptors (Lipinski definition) is 3. The molecule has 1 atom stereocenters. The van der Waals surface area contributed by atoms with Crippen molar-refractivity contribution in [1.82, 2.24) is 10.2 Å². The number of amides is 2. The fourth-order valence-corrected chi connectivity index (χ4v) is 3.33. The zero-order valence-electron chi connectivity index (χ0n) is 12.4. The monoisotopic (exact) mass is 302 g/mol. The van der Waals surface area contributed by atoms with E-state index >= 15 is 0 Å². The lowest BCUT2D eigenvalue weighted by Gasteiger charge is -2.23. The van der Waals surface area contributed by atoms with Crippen LogP contribution in [0.3, 0.4) is 0 Å². The number of hydrogen-bond donors (Lipinski definition) is 2. The number of aliphatic carboxylic acids is 1. The molecule has 1 aliphatic heterocycles. The molecule has 1 unspecified atom stereocenters. The summed E-state index contributed by atoms with van der Waals surface area (Å²) in [5.41, 5.74) is 0. The van der Waals surface area contributed by atoms with Gasteiger partial charge in [-0.25, -0.2) is 4.79 Å². The topological polar surface area (TPSA) is 69.6 Å². The van der Waals surface area contributed by atoms with Crippen LogP contribution in [0.4, 0.5) is 4.79 Å². The largest absolute Gasteiger partial charge is 0.481 e. The van der Waals surface area contributed by atoms with Gasteiger partial charge in [0.05, 0.1) is 0 Å². The summed E-state index contributed by atoms with van der Waals surface area (Å²) in [4.78, 5) is 24.8. The minimum absolute atomic E-state index is 0.0119. The zero-order valence-corrected chi connectivity index (χ0v) is 13.2. The second-order valence-electron chi connectivity index (χ2n) is 5.73. The molecule has 1 aliphatic rings. The van der Waals surface area contributed by atoms with E-state index in [0.29, 0.717) is 12.5 Å². The fourth-order valence-electron chi connectivity index (χ4n) is 2.45. The smallest absolute Gasteiger partial charge is 0.317 e. The molecule has 1 heterocycles. The number of rotatable bonds is 6. The van der Waals surface area contributed by atoms with Crippen LogP contribution in [0.2, 0.25) is 0 Å². The predicted molar refractivity (Wildman–Crippen MR) is 82.1 cm³/mol. The zero-order chi connectivity index (χ0) is 15.0. The van der Waals surface area contributed by atoms with E-state index in [1.165, 1.54) is 0 Å². The Morgan fingerprint density at radius 3 is 2.70 bits per heavy atom. The first-order valence-electron chi connectivity index (χ1n) is 7.31. The first-order chi connectivity index (χ1) is 9.49. The van der Waals surface area contributed by atoms with E-state index in [9.17, 15) is 9.59 Å². The van der Waals surface area contributed by atoms with E-state index in [1.807, 2.05) is 16.7 Å². The molecule has 2 N–H and O–H groups in total. The number of carboxylic acids is 1. The maximum absolute atomic E-state index is 12.1. The molecule has 0 aromatic rings. The van der Waals surface area contributed by atoms with Crippen LogP contribution in [0.25, 0.3) is 0 Å². The minimum atomic E-state index is -0.795. The second kappa shape index (κ2) is 9.10. The molecule has 0 aromatic carbocycles. The third-order valence-electron chi connectivity index (χ3n) is 3.32. The Bertz CT molecular complexity index is 316. The Balaban J connectivity index is 2.39. The first kappa shape index (κ1) is 17.1. The highest BCUT2D eigenvalue weighted by molar-refractivity contribution is 7.99. The van der Waals surface area contributed by atoms with E-state index < -0.39 is 5.97 Å². The van der Waals surface area contributed by atoms with Gasteiger partial charge in [-0.1, -0.05) is 13.8 Å². The Morgan fingerprint density at radius 1 is 1.30 bits per heavy atom. The molecule has 0 aliphatic carbocycles. The van der Waals surface area contributed by atoms with Crippen LogP contribution in [0.1, 0.15) is 33.1 Å². The summed E-state index contributed by atoms with van der Waals surface area (Å²) >= 11 is 1.88. The van der Waals surface area contributed by atoms with Crippen molar-refractivity contribution in [1.29, 1.82) is 0 Å². The average molecular weight is 302 g/mol. The van der Waals surface area contributed by atoms with Crippen LogP contribution >= 0.6 is 11.8 Å². The summed E-state index contributed by atoms with van der Waals surface area (Å²) < 4.78 is 0. The van der Waals surface area contributed by atoms with Crippen LogP contribution in [0.5, 0.6) is 0 Å². The normalized spacial score (nSPS) is 17.6. The summed E-state index contributed by atoms with van der Waals surface area (Å²) in [6.45, 7) is 6.18. The molecule has 0 aromatic heterocycles. The summed E-state index contributed by atoms with van der Waals surface area (Å²) in [7, 11) is 0. The van der Waals surface area contributed by atoms with Crippen LogP contribution in [-0.4, -0.2) is 53.1 Å². The van der Waals surface area contributed by atoms with Gasteiger partial charge in [-0.05, 0) is 30.4 Å². The van der Waals surface area contributed by atoms with Crippen molar-refractivity contribution >= 4 is 23.8 Å². The van der Waals surface area contributed by atoms with Gasteiger partial charge in [-0.3, -0.25) is 4.79 Å². The van der Waals surface area contributed by atoms with Gasteiger partial charge in [0.15, 0.2) is 0 Å². The van der Waals surface area contributed by atoms with E-state index in [0.717, 1.165) is 37.4 Å². The van der Waals surface area contributed by atoms with Crippen LogP contribution in [0.15, 0.2) is 0 Å². The van der Waals surface area contributed by atoms with Gasteiger partial charge in [0, 0.05) is 31.8 Å². The molecule has 1 fully saturated rings. The third kappa shape index (κ3) is 7.03. The molecule has 0 radical (unpaired) electrons. The van der Waals surface area contributed by atoms with Gasteiger partial charge >= 0.3 is 12.0 Å². The van der Waals surface area contributed by atoms with Crippen LogP contribution in [0, 0.1) is 11.8 Å². The highest BCUT2D eigenvalue weighted by Gasteiger charge is 2.19. The SMILES string of the molecule is CC(C)CC(CNC(=O)N1CCCSCC1)CC(=O)O. The lowest BCUT2D eigenvalue weighted by atomic mass is 9.94. The minimum Gasteiger partial charge on any atom is -0.481 e. The molecule has 20 heavy (non-hydrogen) atoms. The summed E-state index contributed by atoms with van der Waals surface area (Å²) in [5.74, 6) is 1.75. The number of carbonyl (C=O) groups is 2. The number of nitrogens with one attached hydrogen (secondary N) is 1. The Hall–Kier alpha value is -0.910. The molecule has 2 amide bonds. The number of urea groups is 1. The van der Waals surface area contributed by atoms with Crippen molar-refractivity contribution in [3.8, 4) is 0 Å². The highest BCUT2D eigenvalue weighted by Crippen LogP contribution is 2.15. The van der Waals surface area contributed by atoms with Crippen molar-refractivity contribution in [3.05, 3.63) is 0 Å². The van der Waals surface area contributed by atoms with E-state index in [4.69, 9.17) is 5.11 Å². The third-order valence-corrected chi connectivity index (χ3v) is 4.37. The van der Waals surface area contributed by atoms with Crippen molar-refractivity contribution in [2.24, 2.45) is 11.8 Å². The van der Waals surface area contributed by atoms with Gasteiger partial charge in [-0.15, -0.1) is 0 Å². The van der Waals surface area contributed by atoms with Gasteiger partial charge in [0.2, 0.25) is 0 Å². The molecule has 116 valence electrons. The predicted octanol–water partition coefficient (Wildman–Crippen LogP) is 2.27. The van der Waals surface area contributed by atoms with Crippen molar-refractivity contribution in [3.63, 3.8) is 0 Å². The maximum Gasteiger partial charge on any atom is 0.317 e. The lowest BCUT2D eigenvalue weighted by molar-refractivity contribution is -0.138. The quantitative estimate of drug-likeness (QED) is 0.789. The van der Waals surface area contributed by atoms with E-state index in [1.54, 1.807) is 0 Å². The average Bonchev–Trinajstić information content (AvgIpc) is 2.63. The summed E-state index contributed by atoms with van der Waals surface area (Å²) in [6, 6.07) is -0.0494. The number of thioether (sulfide) groups is 1. The Labute approximate surface area is 125 Å². The molecule has 1 rings (SSSR count). The number of carboxylic acid groups (broad SMARTS) is 1. The molecular weight excluding hydrogens is 276 g/mol. The molecule has 0 spiro atoms. The van der Waals surface area contributed by atoms with Gasteiger partial charge < -0.3 is 15.3 Å². The summed E-state index contributed by atoms with van der Waals surface area (Å²) in [5, 5.41) is 11.8. The van der Waals surface area contributed by atoms with Crippen molar-refractivity contribution in [2.45, 2.75) is 33.1 Å². The first-order valence-corrected chi connectivity index (χ1v) is 8.46. The molecule has 6 heteroatoms. The van der Waals surface area contributed by atoms with Crippen LogP contribution in [-0.2, 0) is 4.79 Å². The fraction of sp³-hybridized carbons (Fsp3) is 0.857.